The monoisotopic (exact) mass is 316 g/mol. The minimum atomic E-state index is -0.277. The normalized spacial score (nSPS) is 12.6. The lowest BCUT2D eigenvalue weighted by molar-refractivity contribution is 0.536. The van der Waals surface area contributed by atoms with E-state index in [1.54, 1.807) is 12.1 Å². The summed E-state index contributed by atoms with van der Waals surface area (Å²) in [6, 6.07) is 4.77. The number of benzene rings is 1. The molecule has 3 N–H and O–H groups in total. The highest BCUT2D eigenvalue weighted by Gasteiger charge is 2.14. The van der Waals surface area contributed by atoms with Crippen LogP contribution in [0.4, 0.5) is 4.39 Å². The van der Waals surface area contributed by atoms with Gasteiger partial charge < -0.3 is 0 Å². The minimum Gasteiger partial charge on any atom is -0.271 e. The highest BCUT2D eigenvalue weighted by atomic mass is 79.9. The van der Waals surface area contributed by atoms with Crippen molar-refractivity contribution in [2.24, 2.45) is 5.84 Å². The smallest absolute Gasteiger partial charge is 0.137 e. The Kier molecular flexibility index (Phi) is 4.16. The molecule has 1 unspecified atom stereocenters. The van der Waals surface area contributed by atoms with Gasteiger partial charge in [0.15, 0.2) is 0 Å². The molecule has 0 fully saturated rings. The van der Waals surface area contributed by atoms with Gasteiger partial charge in [0.1, 0.15) is 5.82 Å². The standard InChI is InChI=1S/C10H10BrFN4S/c11-7-3-6(1-2-8(7)12)4-9(14-13)10-5-17-16-15-10/h1-3,5,9,14H,4,13H2. The maximum Gasteiger partial charge on any atom is 0.137 e. The van der Waals surface area contributed by atoms with Crippen molar-refractivity contribution in [2.75, 3.05) is 0 Å². The predicted molar refractivity (Wildman–Crippen MR) is 67.8 cm³/mol. The summed E-state index contributed by atoms with van der Waals surface area (Å²) < 4.78 is 17.3. The van der Waals surface area contributed by atoms with Crippen LogP contribution >= 0.6 is 27.5 Å². The zero-order valence-corrected chi connectivity index (χ0v) is 11.1. The number of nitrogens with one attached hydrogen (secondary N) is 1. The Balaban J connectivity index is 2.16. The van der Waals surface area contributed by atoms with Gasteiger partial charge in [0, 0.05) is 5.38 Å². The number of hydrazine groups is 1. The molecular formula is C10H10BrFN4S. The van der Waals surface area contributed by atoms with Gasteiger partial charge in [0.25, 0.3) is 0 Å². The van der Waals surface area contributed by atoms with Crippen molar-refractivity contribution in [1.82, 2.24) is 15.0 Å². The molecule has 90 valence electrons. The molecule has 17 heavy (non-hydrogen) atoms. The van der Waals surface area contributed by atoms with E-state index in [4.69, 9.17) is 5.84 Å². The summed E-state index contributed by atoms with van der Waals surface area (Å²) in [5.74, 6) is 5.20. The van der Waals surface area contributed by atoms with Crippen LogP contribution in [-0.4, -0.2) is 9.59 Å². The third kappa shape index (κ3) is 3.06. The molecule has 1 heterocycles. The van der Waals surface area contributed by atoms with Crippen LogP contribution in [-0.2, 0) is 6.42 Å². The van der Waals surface area contributed by atoms with Gasteiger partial charge in [0.05, 0.1) is 16.2 Å². The molecule has 0 radical (unpaired) electrons. The van der Waals surface area contributed by atoms with E-state index in [1.807, 2.05) is 5.38 Å². The molecule has 1 aromatic heterocycles. The van der Waals surface area contributed by atoms with E-state index in [-0.39, 0.29) is 11.9 Å². The largest absolute Gasteiger partial charge is 0.271 e. The number of hydrogen-bond donors (Lipinski definition) is 2. The summed E-state index contributed by atoms with van der Waals surface area (Å²) in [5, 5.41) is 5.80. The first-order valence-corrected chi connectivity index (χ1v) is 6.50. The molecule has 7 heteroatoms. The number of nitrogens with zero attached hydrogens (tertiary/aromatic N) is 2. The summed E-state index contributed by atoms with van der Waals surface area (Å²) in [6.07, 6.45) is 0.626. The number of aromatic nitrogens is 2. The van der Waals surface area contributed by atoms with Crippen molar-refractivity contribution in [1.29, 1.82) is 0 Å². The van der Waals surface area contributed by atoms with E-state index in [0.29, 0.717) is 10.9 Å². The van der Waals surface area contributed by atoms with Gasteiger partial charge in [0.2, 0.25) is 0 Å². The molecule has 1 atom stereocenters. The van der Waals surface area contributed by atoms with Crippen LogP contribution in [0.15, 0.2) is 28.1 Å². The second-order valence-electron chi connectivity index (χ2n) is 3.50. The fourth-order valence-corrected chi connectivity index (χ4v) is 2.41. The van der Waals surface area contributed by atoms with Crippen LogP contribution in [0.3, 0.4) is 0 Å². The van der Waals surface area contributed by atoms with Crippen LogP contribution in [0.25, 0.3) is 0 Å². The van der Waals surface area contributed by atoms with Crippen molar-refractivity contribution in [3.05, 3.63) is 45.1 Å². The molecule has 2 rings (SSSR count). The molecule has 1 aromatic carbocycles. The molecule has 0 amide bonds. The molecule has 0 aliphatic carbocycles. The average Bonchev–Trinajstić information content (AvgIpc) is 2.84. The third-order valence-corrected chi connectivity index (χ3v) is 3.49. The average molecular weight is 317 g/mol. The van der Waals surface area contributed by atoms with E-state index in [9.17, 15) is 4.39 Å². The number of rotatable bonds is 4. The zero-order valence-electron chi connectivity index (χ0n) is 8.73. The fourth-order valence-electron chi connectivity index (χ4n) is 1.47. The molecule has 0 aliphatic heterocycles. The molecular weight excluding hydrogens is 307 g/mol. The van der Waals surface area contributed by atoms with E-state index < -0.39 is 0 Å². The number of hydrogen-bond acceptors (Lipinski definition) is 5. The summed E-state index contributed by atoms with van der Waals surface area (Å²) in [5.41, 5.74) is 4.44. The molecule has 0 spiro atoms. The molecule has 2 aromatic rings. The van der Waals surface area contributed by atoms with E-state index in [2.05, 4.69) is 30.9 Å². The number of halogens is 2. The molecule has 4 nitrogen and oxygen atoms in total. The maximum atomic E-state index is 13.1. The Hall–Kier alpha value is -0.890. The van der Waals surface area contributed by atoms with Crippen molar-refractivity contribution < 1.29 is 4.39 Å². The first-order valence-electron chi connectivity index (χ1n) is 4.87. The van der Waals surface area contributed by atoms with Gasteiger partial charge in [-0.1, -0.05) is 10.6 Å². The third-order valence-electron chi connectivity index (χ3n) is 2.36. The summed E-state index contributed by atoms with van der Waals surface area (Å²) in [4.78, 5) is 0. The molecule has 0 aliphatic rings. The van der Waals surface area contributed by atoms with E-state index in [0.717, 1.165) is 11.3 Å². The first kappa shape index (κ1) is 12.6. The lowest BCUT2D eigenvalue weighted by Gasteiger charge is -2.13. The lowest BCUT2D eigenvalue weighted by atomic mass is 10.0. The Morgan fingerprint density at radius 2 is 2.35 bits per heavy atom. The Labute approximate surface area is 110 Å². The highest BCUT2D eigenvalue weighted by molar-refractivity contribution is 9.10. The topological polar surface area (TPSA) is 63.8 Å². The van der Waals surface area contributed by atoms with Crippen molar-refractivity contribution >= 4 is 27.5 Å². The van der Waals surface area contributed by atoms with Gasteiger partial charge >= 0.3 is 0 Å². The Bertz CT molecular complexity index is 491. The van der Waals surface area contributed by atoms with E-state index in [1.165, 1.54) is 17.6 Å². The summed E-state index contributed by atoms with van der Waals surface area (Å²) in [6.45, 7) is 0. The molecule has 0 saturated carbocycles. The van der Waals surface area contributed by atoms with Gasteiger partial charge in [-0.15, -0.1) is 5.10 Å². The summed E-state index contributed by atoms with van der Waals surface area (Å²) in [7, 11) is 0. The van der Waals surface area contributed by atoms with Crippen LogP contribution in [0, 0.1) is 5.82 Å². The van der Waals surface area contributed by atoms with Gasteiger partial charge in [-0.25, -0.2) is 4.39 Å². The molecule has 0 bridgehead atoms. The zero-order chi connectivity index (χ0) is 12.3. The van der Waals surface area contributed by atoms with Gasteiger partial charge in [-0.3, -0.25) is 11.3 Å². The van der Waals surface area contributed by atoms with E-state index >= 15 is 0 Å². The second kappa shape index (κ2) is 5.63. The Morgan fingerprint density at radius 3 is 2.94 bits per heavy atom. The van der Waals surface area contributed by atoms with Crippen molar-refractivity contribution in [3.8, 4) is 0 Å². The quantitative estimate of drug-likeness (QED) is 0.670. The highest BCUT2D eigenvalue weighted by Crippen LogP contribution is 2.21. The first-order chi connectivity index (χ1) is 8.20. The van der Waals surface area contributed by atoms with Crippen LogP contribution in [0.5, 0.6) is 0 Å². The maximum absolute atomic E-state index is 13.1. The van der Waals surface area contributed by atoms with Crippen LogP contribution in [0.1, 0.15) is 17.3 Å². The van der Waals surface area contributed by atoms with Crippen LogP contribution < -0.4 is 11.3 Å². The second-order valence-corrected chi connectivity index (χ2v) is 4.97. The van der Waals surface area contributed by atoms with Crippen molar-refractivity contribution in [3.63, 3.8) is 0 Å². The minimum absolute atomic E-state index is 0.119. The SMILES string of the molecule is NNC(Cc1ccc(F)c(Br)c1)c1csnn1. The van der Waals surface area contributed by atoms with Gasteiger partial charge in [-0.2, -0.15) is 0 Å². The lowest BCUT2D eigenvalue weighted by Crippen LogP contribution is -2.29. The summed E-state index contributed by atoms with van der Waals surface area (Å²) >= 11 is 4.43. The van der Waals surface area contributed by atoms with Crippen LogP contribution in [0.2, 0.25) is 0 Å². The Morgan fingerprint density at radius 1 is 1.53 bits per heavy atom. The fraction of sp³-hybridized carbons (Fsp3) is 0.200. The number of nitrogens with two attached hydrogens (primary N) is 1. The van der Waals surface area contributed by atoms with Crippen molar-refractivity contribution in [2.45, 2.75) is 12.5 Å². The van der Waals surface area contributed by atoms with Gasteiger partial charge in [-0.05, 0) is 51.6 Å². The predicted octanol–water partition coefficient (Wildman–Crippen LogP) is 2.19. The molecule has 0 saturated heterocycles.